The Balaban J connectivity index is 2.37. The van der Waals surface area contributed by atoms with E-state index in [1.165, 1.54) is 0 Å². The van der Waals surface area contributed by atoms with Gasteiger partial charge in [-0.25, -0.2) is 4.98 Å². The molecule has 0 bridgehead atoms. The van der Waals surface area contributed by atoms with E-state index in [1.807, 2.05) is 43.3 Å². The Morgan fingerprint density at radius 3 is 2.33 bits per heavy atom. The molecule has 8 heteroatoms. The fraction of sp³-hybridized carbons (Fsp3) is 0.231. The minimum Gasteiger partial charge on any atom is -0.378 e. The summed E-state index contributed by atoms with van der Waals surface area (Å²) in [4.78, 5) is 20.0. The quantitative estimate of drug-likeness (QED) is 0.639. The van der Waals surface area contributed by atoms with E-state index in [-0.39, 0.29) is 29.6 Å². The summed E-state index contributed by atoms with van der Waals surface area (Å²) in [5, 5.41) is 11.1. The molecule has 0 saturated carbocycles. The monoisotopic (exact) mass is 288 g/mol. The molecule has 1 aromatic heterocycles. The fourth-order valence-electron chi connectivity index (χ4n) is 1.97. The van der Waals surface area contributed by atoms with Crippen molar-refractivity contribution >= 4 is 23.1 Å². The van der Waals surface area contributed by atoms with Crippen LogP contribution in [0.25, 0.3) is 0 Å². The van der Waals surface area contributed by atoms with Crippen LogP contribution in [0.3, 0.4) is 0 Å². The molecule has 0 aliphatic heterocycles. The highest BCUT2D eigenvalue weighted by Gasteiger charge is 2.22. The third-order valence-corrected chi connectivity index (χ3v) is 3.01. The zero-order valence-corrected chi connectivity index (χ0v) is 11.8. The second kappa shape index (κ2) is 5.61. The summed E-state index contributed by atoms with van der Waals surface area (Å²) in [5.74, 6) is -0.287. The van der Waals surface area contributed by atoms with Gasteiger partial charge in [-0.1, -0.05) is 12.1 Å². The lowest BCUT2D eigenvalue weighted by atomic mass is 10.1. The van der Waals surface area contributed by atoms with Gasteiger partial charge >= 0.3 is 5.69 Å². The number of anilines is 3. The number of nitro groups is 1. The normalized spacial score (nSPS) is 10.4. The van der Waals surface area contributed by atoms with E-state index < -0.39 is 4.92 Å². The largest absolute Gasteiger partial charge is 0.378 e. The number of hydrogen-bond acceptors (Lipinski definition) is 7. The van der Waals surface area contributed by atoms with Crippen LogP contribution in [-0.4, -0.2) is 29.0 Å². The molecule has 2 rings (SSSR count). The van der Waals surface area contributed by atoms with Crippen LogP contribution in [0.4, 0.5) is 23.1 Å². The van der Waals surface area contributed by atoms with Gasteiger partial charge < -0.3 is 16.4 Å². The first-order chi connectivity index (χ1) is 9.88. The van der Waals surface area contributed by atoms with Crippen molar-refractivity contribution in [3.05, 3.63) is 45.6 Å². The number of hydrogen-bond donors (Lipinski definition) is 2. The third kappa shape index (κ3) is 3.16. The Morgan fingerprint density at radius 1 is 1.19 bits per heavy atom. The summed E-state index contributed by atoms with van der Waals surface area (Å²) in [5.41, 5.74) is 12.9. The van der Waals surface area contributed by atoms with E-state index in [0.29, 0.717) is 0 Å². The lowest BCUT2D eigenvalue weighted by Crippen LogP contribution is -2.10. The molecule has 1 heterocycles. The Hall–Kier alpha value is -2.90. The summed E-state index contributed by atoms with van der Waals surface area (Å²) in [6.45, 7) is 0. The second-order valence-corrected chi connectivity index (χ2v) is 4.76. The number of nitrogen functional groups attached to an aromatic ring is 2. The van der Waals surface area contributed by atoms with Crippen LogP contribution >= 0.6 is 0 Å². The average molecular weight is 288 g/mol. The molecule has 1 aromatic carbocycles. The van der Waals surface area contributed by atoms with Crippen molar-refractivity contribution < 1.29 is 4.92 Å². The van der Waals surface area contributed by atoms with E-state index in [9.17, 15) is 10.1 Å². The van der Waals surface area contributed by atoms with Gasteiger partial charge in [-0.3, -0.25) is 10.1 Å². The first kappa shape index (κ1) is 14.5. The van der Waals surface area contributed by atoms with Gasteiger partial charge in [0.15, 0.2) is 0 Å². The van der Waals surface area contributed by atoms with Crippen LogP contribution in [0.5, 0.6) is 0 Å². The van der Waals surface area contributed by atoms with Crippen molar-refractivity contribution in [2.45, 2.75) is 6.42 Å². The van der Waals surface area contributed by atoms with Gasteiger partial charge in [0, 0.05) is 26.2 Å². The molecule has 4 N–H and O–H groups in total. The second-order valence-electron chi connectivity index (χ2n) is 4.76. The summed E-state index contributed by atoms with van der Waals surface area (Å²) in [6.07, 6.45) is 0.265. The summed E-state index contributed by atoms with van der Waals surface area (Å²) in [7, 11) is 3.87. The SMILES string of the molecule is CN(C)c1ccc(Cc2nc(N)nc(N)c2[N+](=O)[O-])cc1. The van der Waals surface area contributed by atoms with Crippen LogP contribution in [0, 0.1) is 10.1 Å². The highest BCUT2D eigenvalue weighted by Crippen LogP contribution is 2.26. The maximum absolute atomic E-state index is 11.1. The molecule has 0 saturated heterocycles. The Labute approximate surface area is 121 Å². The molecule has 8 nitrogen and oxygen atoms in total. The van der Waals surface area contributed by atoms with Crippen molar-refractivity contribution in [2.75, 3.05) is 30.5 Å². The zero-order chi connectivity index (χ0) is 15.6. The molecule has 0 fully saturated rings. The molecule has 0 aliphatic rings. The molecule has 2 aromatic rings. The fourth-order valence-corrected chi connectivity index (χ4v) is 1.97. The molecule has 0 aliphatic carbocycles. The van der Waals surface area contributed by atoms with Crippen LogP contribution < -0.4 is 16.4 Å². The molecule has 0 amide bonds. The van der Waals surface area contributed by atoms with Gasteiger partial charge in [-0.05, 0) is 17.7 Å². The summed E-state index contributed by atoms with van der Waals surface area (Å²) >= 11 is 0. The number of rotatable bonds is 4. The molecule has 0 atom stereocenters. The van der Waals surface area contributed by atoms with E-state index >= 15 is 0 Å². The van der Waals surface area contributed by atoms with Crippen LogP contribution in [0.2, 0.25) is 0 Å². The first-order valence-electron chi connectivity index (χ1n) is 6.21. The highest BCUT2D eigenvalue weighted by molar-refractivity contribution is 5.58. The van der Waals surface area contributed by atoms with Gasteiger partial charge in [0.1, 0.15) is 5.69 Å². The number of nitrogens with two attached hydrogens (primary N) is 2. The maximum Gasteiger partial charge on any atom is 0.332 e. The molecule has 0 spiro atoms. The minimum absolute atomic E-state index is 0.0713. The lowest BCUT2D eigenvalue weighted by Gasteiger charge is -2.12. The predicted molar refractivity (Wildman–Crippen MR) is 81.1 cm³/mol. The standard InChI is InChI=1S/C13H16N6O2/c1-18(2)9-5-3-8(4-6-9)7-10-11(19(20)21)12(14)17-13(15)16-10/h3-6H,7H2,1-2H3,(H4,14,15,16,17). The molecule has 110 valence electrons. The van der Waals surface area contributed by atoms with Gasteiger partial charge in [0.25, 0.3) is 0 Å². The van der Waals surface area contributed by atoms with Crippen molar-refractivity contribution in [3.8, 4) is 0 Å². The van der Waals surface area contributed by atoms with Crippen molar-refractivity contribution in [3.63, 3.8) is 0 Å². The Bertz CT molecular complexity index is 669. The molecular weight excluding hydrogens is 272 g/mol. The third-order valence-electron chi connectivity index (χ3n) is 3.01. The van der Waals surface area contributed by atoms with Gasteiger partial charge in [0.2, 0.25) is 11.8 Å². The van der Waals surface area contributed by atoms with Crippen molar-refractivity contribution in [2.24, 2.45) is 0 Å². The van der Waals surface area contributed by atoms with Crippen LogP contribution in [-0.2, 0) is 6.42 Å². The number of aromatic nitrogens is 2. The maximum atomic E-state index is 11.1. The topological polar surface area (TPSA) is 124 Å². The molecule has 0 unspecified atom stereocenters. The minimum atomic E-state index is -0.585. The van der Waals surface area contributed by atoms with E-state index in [2.05, 4.69) is 9.97 Å². The summed E-state index contributed by atoms with van der Waals surface area (Å²) < 4.78 is 0. The van der Waals surface area contributed by atoms with Crippen LogP contribution in [0.1, 0.15) is 11.3 Å². The zero-order valence-electron chi connectivity index (χ0n) is 11.8. The number of nitrogens with zero attached hydrogens (tertiary/aromatic N) is 4. The van der Waals surface area contributed by atoms with E-state index in [1.54, 1.807) is 0 Å². The smallest absolute Gasteiger partial charge is 0.332 e. The van der Waals surface area contributed by atoms with Gasteiger partial charge in [0.05, 0.1) is 4.92 Å². The Kier molecular flexibility index (Phi) is 3.88. The average Bonchev–Trinajstić information content (AvgIpc) is 2.37. The number of benzene rings is 1. The first-order valence-corrected chi connectivity index (χ1v) is 6.21. The molecular formula is C13H16N6O2. The lowest BCUT2D eigenvalue weighted by molar-refractivity contribution is -0.385. The van der Waals surface area contributed by atoms with E-state index in [0.717, 1.165) is 11.3 Å². The molecule has 21 heavy (non-hydrogen) atoms. The van der Waals surface area contributed by atoms with Crippen molar-refractivity contribution in [1.29, 1.82) is 0 Å². The summed E-state index contributed by atoms with van der Waals surface area (Å²) in [6, 6.07) is 7.62. The van der Waals surface area contributed by atoms with Crippen LogP contribution in [0.15, 0.2) is 24.3 Å². The van der Waals surface area contributed by atoms with Crippen molar-refractivity contribution in [1.82, 2.24) is 9.97 Å². The predicted octanol–water partition coefficient (Wildman–Crippen LogP) is 1.21. The van der Waals surface area contributed by atoms with Gasteiger partial charge in [-0.15, -0.1) is 0 Å². The molecule has 0 radical (unpaired) electrons. The van der Waals surface area contributed by atoms with Gasteiger partial charge in [-0.2, -0.15) is 4.98 Å². The van der Waals surface area contributed by atoms with E-state index in [4.69, 9.17) is 11.5 Å². The Morgan fingerprint density at radius 2 is 1.81 bits per heavy atom. The highest BCUT2D eigenvalue weighted by atomic mass is 16.6.